The summed E-state index contributed by atoms with van der Waals surface area (Å²) in [5.74, 6) is -0.430. The van der Waals surface area contributed by atoms with Gasteiger partial charge < -0.3 is 15.5 Å². The number of amides is 2. The van der Waals surface area contributed by atoms with Gasteiger partial charge in [0.15, 0.2) is 13.1 Å². The fourth-order valence-electron chi connectivity index (χ4n) is 3.31. The summed E-state index contributed by atoms with van der Waals surface area (Å²) in [6.07, 6.45) is 4.08. The molecule has 1 aliphatic carbocycles. The first-order chi connectivity index (χ1) is 13.5. The van der Waals surface area contributed by atoms with Gasteiger partial charge in [-0.2, -0.15) is 5.26 Å². The van der Waals surface area contributed by atoms with E-state index in [0.29, 0.717) is 21.3 Å². The quantitative estimate of drug-likeness (QED) is 0.673. The van der Waals surface area contributed by atoms with E-state index in [1.54, 1.807) is 31.3 Å². The molecule has 8 heteroatoms. The van der Waals surface area contributed by atoms with Crippen molar-refractivity contribution in [2.45, 2.75) is 25.7 Å². The van der Waals surface area contributed by atoms with Crippen molar-refractivity contribution < 1.29 is 14.5 Å². The van der Waals surface area contributed by atoms with E-state index in [0.717, 1.165) is 36.1 Å². The number of anilines is 2. The van der Waals surface area contributed by atoms with Gasteiger partial charge >= 0.3 is 0 Å². The second-order valence-electron chi connectivity index (χ2n) is 6.91. The van der Waals surface area contributed by atoms with Crippen LogP contribution >= 0.6 is 22.9 Å². The third-order valence-corrected chi connectivity index (χ3v) is 6.15. The van der Waals surface area contributed by atoms with Crippen LogP contribution in [0.15, 0.2) is 24.3 Å². The Morgan fingerprint density at radius 1 is 1.18 bits per heavy atom. The van der Waals surface area contributed by atoms with Crippen molar-refractivity contribution in [3.8, 4) is 6.07 Å². The van der Waals surface area contributed by atoms with E-state index in [1.807, 2.05) is 0 Å². The van der Waals surface area contributed by atoms with Crippen molar-refractivity contribution in [1.29, 1.82) is 5.26 Å². The van der Waals surface area contributed by atoms with Crippen molar-refractivity contribution in [3.05, 3.63) is 45.3 Å². The number of nitriles is 1. The highest BCUT2D eigenvalue weighted by molar-refractivity contribution is 7.16. The van der Waals surface area contributed by atoms with Crippen LogP contribution in [-0.4, -0.2) is 32.0 Å². The Labute approximate surface area is 173 Å². The lowest BCUT2D eigenvalue weighted by atomic mass is 9.96. The van der Waals surface area contributed by atoms with Gasteiger partial charge in [-0.3, -0.25) is 9.59 Å². The van der Waals surface area contributed by atoms with Gasteiger partial charge in [-0.15, -0.1) is 11.3 Å². The molecule has 2 amide bonds. The van der Waals surface area contributed by atoms with Gasteiger partial charge in [-0.05, 0) is 43.4 Å². The molecule has 1 heterocycles. The van der Waals surface area contributed by atoms with Gasteiger partial charge in [0.1, 0.15) is 11.1 Å². The molecule has 0 radical (unpaired) electrons. The summed E-state index contributed by atoms with van der Waals surface area (Å²) in [6.45, 7) is 0.258. The average molecular weight is 418 g/mol. The van der Waals surface area contributed by atoms with Crippen LogP contribution in [0.2, 0.25) is 5.02 Å². The molecule has 0 saturated heterocycles. The third kappa shape index (κ3) is 4.90. The molecule has 0 bridgehead atoms. The molecule has 1 aromatic heterocycles. The number of thiophene rings is 1. The number of para-hydroxylation sites is 1. The van der Waals surface area contributed by atoms with Crippen LogP contribution in [0.4, 0.5) is 10.7 Å². The topological polar surface area (TPSA) is 86.4 Å². The van der Waals surface area contributed by atoms with E-state index in [1.165, 1.54) is 16.2 Å². The molecule has 0 spiro atoms. The zero-order valence-corrected chi connectivity index (χ0v) is 17.2. The van der Waals surface area contributed by atoms with Crippen LogP contribution < -0.4 is 15.5 Å². The fraction of sp³-hybridized carbons (Fsp3) is 0.350. The molecule has 1 aromatic carbocycles. The molecule has 2 aromatic rings. The number of nitrogens with zero attached hydrogens (tertiary/aromatic N) is 1. The van der Waals surface area contributed by atoms with Crippen molar-refractivity contribution in [2.75, 3.05) is 30.8 Å². The number of carbonyl (C=O) groups is 2. The van der Waals surface area contributed by atoms with Crippen molar-refractivity contribution in [3.63, 3.8) is 0 Å². The summed E-state index contributed by atoms with van der Waals surface area (Å²) in [5, 5.41) is 16.2. The lowest BCUT2D eigenvalue weighted by Gasteiger charge is -2.14. The molecule has 0 fully saturated rings. The minimum absolute atomic E-state index is 0.128. The average Bonchev–Trinajstić information content (AvgIpc) is 3.00. The van der Waals surface area contributed by atoms with Crippen molar-refractivity contribution in [2.24, 2.45) is 0 Å². The van der Waals surface area contributed by atoms with Crippen LogP contribution in [0.25, 0.3) is 0 Å². The van der Waals surface area contributed by atoms with Gasteiger partial charge in [-0.1, -0.05) is 23.7 Å². The van der Waals surface area contributed by atoms with Crippen LogP contribution in [0, 0.1) is 11.3 Å². The lowest BCUT2D eigenvalue weighted by molar-refractivity contribution is -0.862. The molecule has 1 aliphatic rings. The minimum Gasteiger partial charge on any atom is -0.322 e. The number of fused-ring (bicyclic) bond motifs is 1. The fourth-order valence-corrected chi connectivity index (χ4v) is 4.75. The number of carbonyl (C=O) groups excluding carboxylic acids is 2. The Bertz CT molecular complexity index is 935. The Hall–Kier alpha value is -2.40. The first kappa shape index (κ1) is 20.3. The predicted octanol–water partition coefficient (Wildman–Crippen LogP) is 2.24. The van der Waals surface area contributed by atoms with Crippen LogP contribution in [-0.2, 0) is 22.4 Å². The van der Waals surface area contributed by atoms with Crippen LogP contribution in [0.3, 0.4) is 0 Å². The highest BCUT2D eigenvalue weighted by Crippen LogP contribution is 2.37. The molecule has 146 valence electrons. The molecule has 3 N–H and O–H groups in total. The maximum Gasteiger partial charge on any atom is 0.280 e. The maximum absolute atomic E-state index is 12.4. The van der Waals surface area contributed by atoms with Gasteiger partial charge in [0.05, 0.1) is 23.3 Å². The van der Waals surface area contributed by atoms with Crippen LogP contribution in [0.1, 0.15) is 28.8 Å². The zero-order chi connectivity index (χ0) is 20.1. The number of benzene rings is 1. The number of hydrogen-bond acceptors (Lipinski definition) is 4. The van der Waals surface area contributed by atoms with E-state index >= 15 is 0 Å². The number of nitrogens with one attached hydrogen (secondary N) is 3. The molecular formula is C20H22ClN4O2S+. The molecule has 1 atom stereocenters. The predicted molar refractivity (Wildman–Crippen MR) is 111 cm³/mol. The molecule has 1 unspecified atom stereocenters. The van der Waals surface area contributed by atoms with E-state index in [-0.39, 0.29) is 24.9 Å². The number of likely N-dealkylation sites (N-methyl/N-ethyl adjacent to an activating group) is 1. The zero-order valence-electron chi connectivity index (χ0n) is 15.6. The number of quaternary nitrogens is 1. The largest absolute Gasteiger partial charge is 0.322 e. The minimum atomic E-state index is -0.220. The molecule has 28 heavy (non-hydrogen) atoms. The maximum atomic E-state index is 12.4. The second-order valence-corrected chi connectivity index (χ2v) is 8.43. The van der Waals surface area contributed by atoms with Gasteiger partial charge in [0, 0.05) is 4.88 Å². The van der Waals surface area contributed by atoms with Crippen molar-refractivity contribution >= 4 is 45.4 Å². The van der Waals surface area contributed by atoms with Crippen LogP contribution in [0.5, 0.6) is 0 Å². The summed E-state index contributed by atoms with van der Waals surface area (Å²) in [6, 6.07) is 9.25. The summed E-state index contributed by atoms with van der Waals surface area (Å²) in [7, 11) is 1.77. The summed E-state index contributed by atoms with van der Waals surface area (Å²) in [4.78, 5) is 26.5. The van der Waals surface area contributed by atoms with Gasteiger partial charge in [0.25, 0.3) is 11.8 Å². The van der Waals surface area contributed by atoms with E-state index in [2.05, 4.69) is 16.7 Å². The number of halogens is 1. The molecule has 3 rings (SSSR count). The molecule has 6 nitrogen and oxygen atoms in total. The summed E-state index contributed by atoms with van der Waals surface area (Å²) < 4.78 is 0. The summed E-state index contributed by atoms with van der Waals surface area (Å²) in [5.41, 5.74) is 2.24. The highest BCUT2D eigenvalue weighted by atomic mass is 35.5. The Morgan fingerprint density at radius 2 is 1.86 bits per heavy atom. The number of rotatable bonds is 6. The molecule has 0 aliphatic heterocycles. The second kappa shape index (κ2) is 9.20. The molecule has 0 saturated carbocycles. The van der Waals surface area contributed by atoms with E-state index in [4.69, 9.17) is 11.6 Å². The van der Waals surface area contributed by atoms with Gasteiger partial charge in [-0.25, -0.2) is 0 Å². The van der Waals surface area contributed by atoms with Gasteiger partial charge in [0.2, 0.25) is 0 Å². The summed E-state index contributed by atoms with van der Waals surface area (Å²) >= 11 is 7.54. The van der Waals surface area contributed by atoms with Crippen molar-refractivity contribution in [1.82, 2.24) is 0 Å². The lowest BCUT2D eigenvalue weighted by Crippen LogP contribution is -3.11. The Balaban J connectivity index is 1.55. The third-order valence-electron chi connectivity index (χ3n) is 4.61. The standard InChI is InChI=1S/C20H21ClN4O2S/c1-25(11-18(26)23-16-8-4-3-7-15(16)21)12-19(27)24-20-14(10-22)13-6-2-5-9-17(13)28-20/h3-4,7-8H,2,5-6,9,11-12H2,1H3,(H,23,26)(H,24,27)/p+1. The number of aryl methyl sites for hydroxylation is 1. The first-order valence-electron chi connectivity index (χ1n) is 9.18. The monoisotopic (exact) mass is 417 g/mol. The van der Waals surface area contributed by atoms with E-state index in [9.17, 15) is 14.9 Å². The Morgan fingerprint density at radius 3 is 2.57 bits per heavy atom. The highest BCUT2D eigenvalue weighted by Gasteiger charge is 2.23. The van der Waals surface area contributed by atoms with E-state index < -0.39 is 0 Å². The molecular weight excluding hydrogens is 396 g/mol. The smallest absolute Gasteiger partial charge is 0.280 e. The number of hydrogen-bond donors (Lipinski definition) is 3. The SMILES string of the molecule is C[NH+](CC(=O)Nc1ccccc1Cl)CC(=O)Nc1sc2c(c1C#N)CCCC2. The normalized spacial score (nSPS) is 13.9. The Kier molecular flexibility index (Phi) is 6.68. The first-order valence-corrected chi connectivity index (χ1v) is 10.4.